The third-order valence-corrected chi connectivity index (χ3v) is 5.56. The summed E-state index contributed by atoms with van der Waals surface area (Å²) in [4.78, 5) is 17.4. The Morgan fingerprint density at radius 3 is 2.62 bits per heavy atom. The molecule has 21 heavy (non-hydrogen) atoms. The van der Waals surface area contributed by atoms with E-state index in [0.29, 0.717) is 12.1 Å². The van der Waals surface area contributed by atoms with Crippen molar-refractivity contribution in [1.82, 2.24) is 20.4 Å². The number of amides is 1. The van der Waals surface area contributed by atoms with Crippen molar-refractivity contribution in [2.75, 3.05) is 39.8 Å². The van der Waals surface area contributed by atoms with Crippen molar-refractivity contribution in [3.05, 3.63) is 0 Å². The maximum atomic E-state index is 12.6. The minimum absolute atomic E-state index is 0.125. The summed E-state index contributed by atoms with van der Waals surface area (Å²) in [5.41, 5.74) is 0. The van der Waals surface area contributed by atoms with E-state index in [1.165, 1.54) is 38.6 Å². The van der Waals surface area contributed by atoms with Crippen LogP contribution in [0.2, 0.25) is 0 Å². The molecule has 2 unspecified atom stereocenters. The third kappa shape index (κ3) is 3.58. The first-order valence-electron chi connectivity index (χ1n) is 8.70. The molecule has 0 aliphatic carbocycles. The van der Waals surface area contributed by atoms with E-state index in [4.69, 9.17) is 0 Å². The molecular weight excluding hydrogens is 264 g/mol. The van der Waals surface area contributed by atoms with Gasteiger partial charge in [-0.2, -0.15) is 0 Å². The SMILES string of the molecule is CN1CCCC1CNC(=O)C1CCCN1C1CCNCC1. The standard InChI is InChI=1S/C16H30N4O/c1-19-10-2-4-14(19)12-18-16(21)15-5-3-11-20(15)13-6-8-17-9-7-13/h13-15,17H,2-12H2,1H3,(H,18,21). The van der Waals surface area contributed by atoms with Crippen LogP contribution < -0.4 is 10.6 Å². The van der Waals surface area contributed by atoms with Gasteiger partial charge in [-0.15, -0.1) is 0 Å². The van der Waals surface area contributed by atoms with Gasteiger partial charge in [0.2, 0.25) is 5.91 Å². The number of likely N-dealkylation sites (N-methyl/N-ethyl adjacent to an activating group) is 1. The molecule has 2 N–H and O–H groups in total. The summed E-state index contributed by atoms with van der Waals surface area (Å²) in [6.07, 6.45) is 7.08. The van der Waals surface area contributed by atoms with Crippen LogP contribution in [0.15, 0.2) is 0 Å². The molecule has 5 heteroatoms. The fourth-order valence-electron chi connectivity index (χ4n) is 4.22. The predicted octanol–water partition coefficient (Wildman–Crippen LogP) is 0.413. The Balaban J connectivity index is 1.50. The smallest absolute Gasteiger partial charge is 0.237 e. The molecule has 3 saturated heterocycles. The highest BCUT2D eigenvalue weighted by Gasteiger charge is 2.36. The molecule has 1 amide bonds. The van der Waals surface area contributed by atoms with Crippen LogP contribution in [0.5, 0.6) is 0 Å². The molecule has 3 aliphatic rings. The van der Waals surface area contributed by atoms with E-state index in [1.54, 1.807) is 0 Å². The zero-order chi connectivity index (χ0) is 14.7. The first kappa shape index (κ1) is 15.3. The minimum atomic E-state index is 0.125. The second-order valence-corrected chi connectivity index (χ2v) is 6.90. The number of rotatable bonds is 4. The van der Waals surface area contributed by atoms with Crippen LogP contribution in [0.4, 0.5) is 0 Å². The van der Waals surface area contributed by atoms with Gasteiger partial charge in [0.25, 0.3) is 0 Å². The average molecular weight is 294 g/mol. The van der Waals surface area contributed by atoms with Crippen LogP contribution in [-0.2, 0) is 4.79 Å². The highest BCUT2D eigenvalue weighted by Crippen LogP contribution is 2.24. The largest absolute Gasteiger partial charge is 0.353 e. The molecule has 3 aliphatic heterocycles. The van der Waals surface area contributed by atoms with Gasteiger partial charge in [0.15, 0.2) is 0 Å². The molecule has 0 spiro atoms. The molecule has 120 valence electrons. The van der Waals surface area contributed by atoms with Crippen LogP contribution in [0.1, 0.15) is 38.5 Å². The summed E-state index contributed by atoms with van der Waals surface area (Å²) in [5.74, 6) is 0.270. The number of carbonyl (C=O) groups is 1. The van der Waals surface area contributed by atoms with Gasteiger partial charge < -0.3 is 15.5 Å². The van der Waals surface area contributed by atoms with Crippen LogP contribution >= 0.6 is 0 Å². The van der Waals surface area contributed by atoms with Crippen LogP contribution in [-0.4, -0.2) is 73.6 Å². The molecular formula is C16H30N4O. The van der Waals surface area contributed by atoms with Crippen molar-refractivity contribution in [3.63, 3.8) is 0 Å². The van der Waals surface area contributed by atoms with E-state index in [0.717, 1.165) is 32.6 Å². The number of carbonyl (C=O) groups excluding carboxylic acids is 1. The Bertz CT molecular complexity index is 356. The summed E-state index contributed by atoms with van der Waals surface area (Å²) in [5, 5.41) is 6.64. The number of hydrogen-bond acceptors (Lipinski definition) is 4. The quantitative estimate of drug-likeness (QED) is 0.789. The van der Waals surface area contributed by atoms with Gasteiger partial charge in [0.05, 0.1) is 6.04 Å². The van der Waals surface area contributed by atoms with E-state index in [1.807, 2.05) is 0 Å². The topological polar surface area (TPSA) is 47.6 Å². The monoisotopic (exact) mass is 294 g/mol. The van der Waals surface area contributed by atoms with E-state index in [2.05, 4.69) is 27.5 Å². The minimum Gasteiger partial charge on any atom is -0.353 e. The Labute approximate surface area is 128 Å². The molecule has 3 fully saturated rings. The number of piperidine rings is 1. The summed E-state index contributed by atoms with van der Waals surface area (Å²) < 4.78 is 0. The summed E-state index contributed by atoms with van der Waals surface area (Å²) >= 11 is 0. The number of hydrogen-bond donors (Lipinski definition) is 2. The van der Waals surface area contributed by atoms with Crippen molar-refractivity contribution >= 4 is 5.91 Å². The maximum Gasteiger partial charge on any atom is 0.237 e. The van der Waals surface area contributed by atoms with E-state index >= 15 is 0 Å². The van der Waals surface area contributed by atoms with Gasteiger partial charge >= 0.3 is 0 Å². The van der Waals surface area contributed by atoms with E-state index in [-0.39, 0.29) is 11.9 Å². The molecule has 0 radical (unpaired) electrons. The molecule has 3 heterocycles. The molecule has 5 nitrogen and oxygen atoms in total. The summed E-state index contributed by atoms with van der Waals surface area (Å²) in [7, 11) is 2.17. The molecule has 0 aromatic carbocycles. The highest BCUT2D eigenvalue weighted by molar-refractivity contribution is 5.82. The Morgan fingerprint density at radius 1 is 1.14 bits per heavy atom. The zero-order valence-electron chi connectivity index (χ0n) is 13.3. The average Bonchev–Trinajstić information content (AvgIpc) is 3.15. The van der Waals surface area contributed by atoms with Crippen LogP contribution in [0, 0.1) is 0 Å². The predicted molar refractivity (Wildman–Crippen MR) is 84.3 cm³/mol. The van der Waals surface area contributed by atoms with Gasteiger partial charge in [-0.1, -0.05) is 0 Å². The van der Waals surface area contributed by atoms with Gasteiger partial charge in [-0.05, 0) is 71.8 Å². The van der Waals surface area contributed by atoms with E-state index < -0.39 is 0 Å². The normalized spacial score (nSPS) is 32.6. The fourth-order valence-corrected chi connectivity index (χ4v) is 4.22. The lowest BCUT2D eigenvalue weighted by Crippen LogP contribution is -2.52. The Kier molecular flexibility index (Phi) is 5.14. The summed E-state index contributed by atoms with van der Waals surface area (Å²) in [6.45, 7) is 5.30. The van der Waals surface area contributed by atoms with Gasteiger partial charge in [-0.25, -0.2) is 0 Å². The van der Waals surface area contributed by atoms with Gasteiger partial charge in [0.1, 0.15) is 0 Å². The fraction of sp³-hybridized carbons (Fsp3) is 0.938. The number of nitrogens with one attached hydrogen (secondary N) is 2. The summed E-state index contributed by atoms with van der Waals surface area (Å²) in [6, 6.07) is 1.28. The molecule has 0 bridgehead atoms. The lowest BCUT2D eigenvalue weighted by atomic mass is 10.0. The van der Waals surface area contributed by atoms with Crippen molar-refractivity contribution in [1.29, 1.82) is 0 Å². The second-order valence-electron chi connectivity index (χ2n) is 6.90. The number of likely N-dealkylation sites (tertiary alicyclic amines) is 2. The molecule has 3 rings (SSSR count). The molecule has 0 saturated carbocycles. The van der Waals surface area contributed by atoms with E-state index in [9.17, 15) is 4.79 Å². The van der Waals surface area contributed by atoms with Crippen molar-refractivity contribution < 1.29 is 4.79 Å². The maximum absolute atomic E-state index is 12.6. The van der Waals surface area contributed by atoms with Crippen LogP contribution in [0.25, 0.3) is 0 Å². The van der Waals surface area contributed by atoms with Crippen molar-refractivity contribution in [2.24, 2.45) is 0 Å². The Hall–Kier alpha value is -0.650. The first-order valence-corrected chi connectivity index (χ1v) is 8.70. The van der Waals surface area contributed by atoms with Crippen molar-refractivity contribution in [2.45, 2.75) is 56.7 Å². The molecule has 2 atom stereocenters. The molecule has 0 aromatic heterocycles. The lowest BCUT2D eigenvalue weighted by molar-refractivity contribution is -0.126. The number of nitrogens with zero attached hydrogens (tertiary/aromatic N) is 2. The first-order chi connectivity index (χ1) is 10.3. The molecule has 0 aromatic rings. The van der Waals surface area contributed by atoms with Crippen LogP contribution in [0.3, 0.4) is 0 Å². The van der Waals surface area contributed by atoms with Gasteiger partial charge in [-0.3, -0.25) is 9.69 Å². The zero-order valence-corrected chi connectivity index (χ0v) is 13.3. The second kappa shape index (κ2) is 7.07. The Morgan fingerprint density at radius 2 is 1.90 bits per heavy atom. The third-order valence-electron chi connectivity index (χ3n) is 5.56. The lowest BCUT2D eigenvalue weighted by Gasteiger charge is -2.35. The van der Waals surface area contributed by atoms with Gasteiger partial charge in [0, 0.05) is 18.6 Å². The van der Waals surface area contributed by atoms with Crippen molar-refractivity contribution in [3.8, 4) is 0 Å². The highest BCUT2D eigenvalue weighted by atomic mass is 16.2.